The van der Waals surface area contributed by atoms with Crippen molar-refractivity contribution in [2.24, 2.45) is 4.99 Å². The fourth-order valence-electron chi connectivity index (χ4n) is 6.21. The van der Waals surface area contributed by atoms with Gasteiger partial charge in [0.2, 0.25) is 5.36 Å². The van der Waals surface area contributed by atoms with Gasteiger partial charge in [0.15, 0.2) is 17.0 Å². The van der Waals surface area contributed by atoms with Gasteiger partial charge in [-0.3, -0.25) is 4.79 Å². The summed E-state index contributed by atoms with van der Waals surface area (Å²) in [4.78, 5) is 18.6. The van der Waals surface area contributed by atoms with Crippen molar-refractivity contribution in [3.63, 3.8) is 0 Å². The van der Waals surface area contributed by atoms with Gasteiger partial charge in [-0.15, -0.1) is 4.33 Å². The molecule has 0 radical (unpaired) electrons. The standard InChI is InChI=1S/C30H35N3O6S/c1-7-32-24-13-26-22(11-20(24)18(2)15-29(32,3)4)31-23-12-21-19(17-40-39-38-36)16-30(5,6)33(10-8-9-28(34)35)25(21)14-27(23)37-26/h11-16H,7-10,17H2,1-6H3,(H-,34,35,36)/p+1. The lowest BCUT2D eigenvalue weighted by atomic mass is 9.88. The molecule has 0 amide bonds. The number of carboxylic acid groups (broad SMARTS) is 1. The van der Waals surface area contributed by atoms with Crippen molar-refractivity contribution in [1.82, 2.24) is 4.58 Å². The Morgan fingerprint density at radius 3 is 2.60 bits per heavy atom. The van der Waals surface area contributed by atoms with Gasteiger partial charge in [0.25, 0.3) is 0 Å². The predicted molar refractivity (Wildman–Crippen MR) is 156 cm³/mol. The van der Waals surface area contributed by atoms with Gasteiger partial charge in [0.05, 0.1) is 23.6 Å². The van der Waals surface area contributed by atoms with Crippen molar-refractivity contribution >= 4 is 40.5 Å². The van der Waals surface area contributed by atoms with Gasteiger partial charge in [-0.25, -0.2) is 14.8 Å². The minimum Gasteiger partial charge on any atom is -0.481 e. The monoisotopic (exact) mass is 566 g/mol. The van der Waals surface area contributed by atoms with E-state index in [2.05, 4.69) is 84.7 Å². The summed E-state index contributed by atoms with van der Waals surface area (Å²) in [6.45, 7) is 14.3. The fraction of sp³-hybridized carbons (Fsp3) is 0.433. The number of benzene rings is 2. The maximum Gasteiger partial charge on any atom is 0.303 e. The van der Waals surface area contributed by atoms with Gasteiger partial charge in [-0.05, 0) is 57.0 Å². The van der Waals surface area contributed by atoms with Gasteiger partial charge in [-0.2, -0.15) is 0 Å². The number of hydrogen-bond acceptors (Lipinski definition) is 8. The van der Waals surface area contributed by atoms with E-state index in [1.165, 1.54) is 5.57 Å². The van der Waals surface area contributed by atoms with Crippen LogP contribution < -0.4 is 24.9 Å². The Bertz CT molecular complexity index is 1560. The molecule has 3 aliphatic heterocycles. The zero-order chi connectivity index (χ0) is 28.8. The smallest absolute Gasteiger partial charge is 0.303 e. The molecule has 0 aromatic heterocycles. The Morgan fingerprint density at radius 2 is 1.90 bits per heavy atom. The molecule has 0 fully saturated rings. The zero-order valence-electron chi connectivity index (χ0n) is 23.8. The number of hydrogen-bond donors (Lipinski definition) is 2. The number of carboxylic acids is 1. The molecule has 2 aromatic rings. The van der Waals surface area contributed by atoms with Gasteiger partial charge in [0, 0.05) is 61.9 Å². The lowest BCUT2D eigenvalue weighted by Gasteiger charge is -2.43. The molecule has 212 valence electrons. The number of anilines is 1. The highest BCUT2D eigenvalue weighted by Crippen LogP contribution is 2.46. The number of fused-ring (bicyclic) bond motifs is 4. The summed E-state index contributed by atoms with van der Waals surface area (Å²) in [5.74, 6) is 0.976. The van der Waals surface area contributed by atoms with Crippen LogP contribution in [0.3, 0.4) is 0 Å². The van der Waals surface area contributed by atoms with Gasteiger partial charge in [-0.1, -0.05) is 11.1 Å². The van der Waals surface area contributed by atoms with Crippen LogP contribution in [-0.2, 0) is 14.2 Å². The molecule has 40 heavy (non-hydrogen) atoms. The molecular weight excluding hydrogens is 530 g/mol. The Kier molecular flexibility index (Phi) is 7.56. The van der Waals surface area contributed by atoms with E-state index in [1.807, 2.05) is 12.1 Å². The minimum atomic E-state index is -0.814. The van der Waals surface area contributed by atoms with E-state index in [9.17, 15) is 9.90 Å². The highest BCUT2D eigenvalue weighted by Gasteiger charge is 2.36. The first kappa shape index (κ1) is 28.4. The SMILES string of the molecule is CCN1c2cc3c(cc2C(C)=CC1(C)C)N=c1cc2c(cc1O3)=[N+](CCCC(=O)O)C(C)(C)C=C2CSOOO. The summed E-state index contributed by atoms with van der Waals surface area (Å²) in [5, 5.41) is 23.3. The second kappa shape index (κ2) is 10.7. The van der Waals surface area contributed by atoms with Crippen LogP contribution in [0, 0.1) is 0 Å². The molecule has 3 aliphatic rings. The third-order valence-corrected chi connectivity index (χ3v) is 8.42. The van der Waals surface area contributed by atoms with Crippen molar-refractivity contribution < 1.29 is 29.3 Å². The molecule has 2 N–H and O–H groups in total. The Labute approximate surface area is 238 Å². The quantitative estimate of drug-likeness (QED) is 0.117. The van der Waals surface area contributed by atoms with E-state index in [0.29, 0.717) is 30.2 Å². The molecule has 0 atom stereocenters. The number of nitrogens with zero attached hydrogens (tertiary/aromatic N) is 3. The molecule has 10 heteroatoms. The Morgan fingerprint density at radius 1 is 1.12 bits per heavy atom. The molecule has 0 bridgehead atoms. The molecule has 0 saturated carbocycles. The van der Waals surface area contributed by atoms with E-state index in [0.717, 1.165) is 57.4 Å². The maximum atomic E-state index is 11.2. The van der Waals surface area contributed by atoms with Crippen LogP contribution in [0.1, 0.15) is 65.5 Å². The van der Waals surface area contributed by atoms with Gasteiger partial charge < -0.3 is 14.7 Å². The van der Waals surface area contributed by atoms with Gasteiger partial charge in [0.1, 0.15) is 17.6 Å². The fourth-order valence-corrected chi connectivity index (χ4v) is 6.67. The number of ether oxygens (including phenoxy) is 1. The third kappa shape index (κ3) is 5.16. The van der Waals surface area contributed by atoms with Crippen molar-refractivity contribution in [3.8, 4) is 11.5 Å². The lowest BCUT2D eigenvalue weighted by molar-refractivity contribution is -0.432. The van der Waals surface area contributed by atoms with E-state index in [-0.39, 0.29) is 12.0 Å². The molecular formula is C30H36N3O6S+. The summed E-state index contributed by atoms with van der Waals surface area (Å²) >= 11 is 0.981. The van der Waals surface area contributed by atoms with Crippen LogP contribution in [-0.4, -0.2) is 46.3 Å². The van der Waals surface area contributed by atoms with Crippen LogP contribution >= 0.6 is 12.0 Å². The van der Waals surface area contributed by atoms with Crippen molar-refractivity contribution in [2.45, 2.75) is 65.5 Å². The molecule has 3 heterocycles. The average Bonchev–Trinajstić information content (AvgIpc) is 2.87. The Hall–Kier alpha value is -3.18. The highest BCUT2D eigenvalue weighted by molar-refractivity contribution is 7.95. The summed E-state index contributed by atoms with van der Waals surface area (Å²) in [6.07, 6.45) is 5.03. The number of likely N-dealkylation sites (N-methyl/N-ethyl adjacent to an activating group) is 1. The van der Waals surface area contributed by atoms with E-state index >= 15 is 0 Å². The van der Waals surface area contributed by atoms with Crippen LogP contribution in [0.4, 0.5) is 11.4 Å². The minimum absolute atomic E-state index is 0.0867. The van der Waals surface area contributed by atoms with E-state index < -0.39 is 11.5 Å². The second-order valence-electron chi connectivity index (χ2n) is 11.5. The molecule has 2 aromatic carbocycles. The number of carbonyl (C=O) groups is 1. The molecule has 0 aliphatic carbocycles. The number of rotatable bonds is 9. The molecule has 0 saturated heterocycles. The van der Waals surface area contributed by atoms with Crippen molar-refractivity contribution in [2.75, 3.05) is 23.7 Å². The lowest BCUT2D eigenvalue weighted by Crippen LogP contribution is -2.50. The van der Waals surface area contributed by atoms with Crippen molar-refractivity contribution in [3.05, 3.63) is 58.3 Å². The Balaban J connectivity index is 1.66. The van der Waals surface area contributed by atoms with E-state index in [4.69, 9.17) is 15.0 Å². The molecule has 5 rings (SSSR count). The third-order valence-electron chi connectivity index (χ3n) is 7.84. The first-order chi connectivity index (χ1) is 18.9. The summed E-state index contributed by atoms with van der Waals surface area (Å²) in [6, 6.07) is 8.23. The molecule has 9 nitrogen and oxygen atoms in total. The summed E-state index contributed by atoms with van der Waals surface area (Å²) in [7, 11) is 0. The van der Waals surface area contributed by atoms with Crippen LogP contribution in [0.5, 0.6) is 11.5 Å². The number of allylic oxidation sites excluding steroid dienone is 1. The second-order valence-corrected chi connectivity index (χ2v) is 12.2. The zero-order valence-corrected chi connectivity index (χ0v) is 24.6. The van der Waals surface area contributed by atoms with Crippen molar-refractivity contribution in [1.29, 1.82) is 0 Å². The largest absolute Gasteiger partial charge is 0.481 e. The maximum absolute atomic E-state index is 11.2. The molecule has 0 spiro atoms. The summed E-state index contributed by atoms with van der Waals surface area (Å²) < 4.78 is 13.4. The topological polar surface area (TPSA) is 104 Å². The highest BCUT2D eigenvalue weighted by atomic mass is 32.2. The molecule has 0 unspecified atom stereocenters. The van der Waals surface area contributed by atoms with Crippen LogP contribution in [0.15, 0.2) is 41.4 Å². The van der Waals surface area contributed by atoms with Gasteiger partial charge >= 0.3 is 5.97 Å². The summed E-state index contributed by atoms with van der Waals surface area (Å²) in [5.41, 5.74) is 5.70. The van der Waals surface area contributed by atoms with E-state index in [1.54, 1.807) is 0 Å². The first-order valence-electron chi connectivity index (χ1n) is 13.5. The van der Waals surface area contributed by atoms with Crippen LogP contribution in [0.25, 0.3) is 11.1 Å². The first-order valence-corrected chi connectivity index (χ1v) is 14.4. The predicted octanol–water partition coefficient (Wildman–Crippen LogP) is 5.37. The normalized spacial score (nSPS) is 17.9. The average molecular weight is 567 g/mol. The number of aliphatic carboxylic acids is 1. The van der Waals surface area contributed by atoms with Crippen LogP contribution in [0.2, 0.25) is 0 Å².